The molecule has 0 aliphatic carbocycles. The maximum absolute atomic E-state index is 12.4. The van der Waals surface area contributed by atoms with Gasteiger partial charge < -0.3 is 5.32 Å². The number of benzene rings is 3. The van der Waals surface area contributed by atoms with Crippen molar-refractivity contribution in [1.82, 2.24) is 0 Å². The molecule has 0 spiro atoms. The molecule has 0 atom stereocenters. The van der Waals surface area contributed by atoms with Crippen LogP contribution in [0.4, 0.5) is 5.69 Å². The van der Waals surface area contributed by atoms with Gasteiger partial charge in [-0.25, -0.2) is 0 Å². The molecule has 3 rings (SSSR count). The van der Waals surface area contributed by atoms with Crippen LogP contribution in [0.25, 0.3) is 0 Å². The summed E-state index contributed by atoms with van der Waals surface area (Å²) in [5.41, 5.74) is 2.46. The van der Waals surface area contributed by atoms with E-state index in [0.717, 1.165) is 5.56 Å². The maximum atomic E-state index is 12.4. The third kappa shape index (κ3) is 4.30. The molecule has 0 heterocycles. The van der Waals surface area contributed by atoms with E-state index in [-0.39, 0.29) is 11.5 Å². The first-order valence-electron chi connectivity index (χ1n) is 8.27. The number of nitrogens with one attached hydrogen (secondary N) is 1. The number of amides is 1. The average Bonchev–Trinajstić information content (AvgIpc) is 2.69. The summed E-state index contributed by atoms with van der Waals surface area (Å²) >= 11 is 5.92. The van der Waals surface area contributed by atoms with Gasteiger partial charge in [0.25, 0.3) is 5.91 Å². The predicted octanol–water partition coefficient (Wildman–Crippen LogP) is 4.97. The van der Waals surface area contributed by atoms with Crippen molar-refractivity contribution in [1.29, 1.82) is 0 Å². The van der Waals surface area contributed by atoms with Gasteiger partial charge >= 0.3 is 0 Å². The number of anilines is 1. The zero-order valence-corrected chi connectivity index (χ0v) is 15.3. The highest BCUT2D eigenvalue weighted by Gasteiger charge is 2.18. The molecule has 0 aliphatic rings. The molecule has 0 radical (unpaired) electrons. The van der Waals surface area contributed by atoms with Gasteiger partial charge in [0, 0.05) is 27.4 Å². The normalized spacial score (nSPS) is 10.3. The van der Waals surface area contributed by atoms with Crippen molar-refractivity contribution in [3.8, 4) is 0 Å². The van der Waals surface area contributed by atoms with E-state index in [1.807, 2.05) is 6.92 Å². The summed E-state index contributed by atoms with van der Waals surface area (Å²) < 4.78 is 0. The van der Waals surface area contributed by atoms with Crippen LogP contribution in [0.5, 0.6) is 0 Å². The molecular weight excluding hydrogens is 362 g/mol. The SMILES string of the molecule is Cc1cc(Cl)ccc1NC(=O)c1ccc(C(=O)C(=O)c2ccccc2)cc1. The first kappa shape index (κ1) is 18.5. The number of carbonyl (C=O) groups excluding carboxylic acids is 3. The lowest BCUT2D eigenvalue weighted by Gasteiger charge is -2.09. The van der Waals surface area contributed by atoms with E-state index >= 15 is 0 Å². The summed E-state index contributed by atoms with van der Waals surface area (Å²) in [5, 5.41) is 3.40. The molecule has 1 N–H and O–H groups in total. The predicted molar refractivity (Wildman–Crippen MR) is 106 cm³/mol. The average molecular weight is 378 g/mol. The molecule has 0 saturated heterocycles. The molecule has 5 heteroatoms. The summed E-state index contributed by atoms with van der Waals surface area (Å²) in [6.07, 6.45) is 0. The van der Waals surface area contributed by atoms with Crippen molar-refractivity contribution in [2.45, 2.75) is 6.92 Å². The Morgan fingerprint density at radius 3 is 1.89 bits per heavy atom. The largest absolute Gasteiger partial charge is 0.322 e. The van der Waals surface area contributed by atoms with Crippen molar-refractivity contribution < 1.29 is 14.4 Å². The van der Waals surface area contributed by atoms with Crippen LogP contribution < -0.4 is 5.32 Å². The van der Waals surface area contributed by atoms with Crippen LogP contribution in [0.1, 0.15) is 36.6 Å². The number of hydrogen-bond acceptors (Lipinski definition) is 3. The van der Waals surface area contributed by atoms with Gasteiger partial charge in [0.1, 0.15) is 0 Å². The standard InChI is InChI=1S/C22H16ClNO3/c1-14-13-18(23)11-12-19(14)24-22(27)17-9-7-16(8-10-17)21(26)20(25)15-5-3-2-4-6-15/h2-13H,1H3,(H,24,27). The highest BCUT2D eigenvalue weighted by Crippen LogP contribution is 2.20. The fourth-order valence-electron chi connectivity index (χ4n) is 2.59. The molecule has 0 fully saturated rings. The van der Waals surface area contributed by atoms with Gasteiger partial charge in [0.15, 0.2) is 0 Å². The van der Waals surface area contributed by atoms with Gasteiger partial charge in [0.2, 0.25) is 11.6 Å². The number of Topliss-reactive ketones (excluding diaryl/α,β-unsaturated/α-hetero) is 2. The minimum atomic E-state index is -0.610. The van der Waals surface area contributed by atoms with Crippen molar-refractivity contribution in [3.05, 3.63) is 100 Å². The van der Waals surface area contributed by atoms with Gasteiger partial charge in [0.05, 0.1) is 0 Å². The van der Waals surface area contributed by atoms with Gasteiger partial charge in [-0.1, -0.05) is 54.1 Å². The minimum Gasteiger partial charge on any atom is -0.322 e. The third-order valence-electron chi connectivity index (χ3n) is 4.09. The molecule has 0 unspecified atom stereocenters. The molecule has 1 amide bonds. The molecule has 134 valence electrons. The van der Waals surface area contributed by atoms with Crippen LogP contribution in [0.15, 0.2) is 72.8 Å². The van der Waals surface area contributed by atoms with E-state index < -0.39 is 11.6 Å². The van der Waals surface area contributed by atoms with Crippen molar-refractivity contribution >= 4 is 34.8 Å². The molecule has 0 aliphatic heterocycles. The zero-order valence-electron chi connectivity index (χ0n) is 14.5. The van der Waals surface area contributed by atoms with Crippen molar-refractivity contribution in [2.75, 3.05) is 5.32 Å². The Kier molecular flexibility index (Phi) is 5.48. The summed E-state index contributed by atoms with van der Waals surface area (Å²) in [6, 6.07) is 19.5. The summed E-state index contributed by atoms with van der Waals surface area (Å²) in [4.78, 5) is 37.0. The molecule has 0 aromatic heterocycles. The molecule has 0 saturated carbocycles. The van der Waals surface area contributed by atoms with Gasteiger partial charge in [-0.05, 0) is 42.8 Å². The lowest BCUT2D eigenvalue weighted by atomic mass is 10.0. The van der Waals surface area contributed by atoms with E-state index in [2.05, 4.69) is 5.32 Å². The Labute approximate surface area is 161 Å². The van der Waals surface area contributed by atoms with Gasteiger partial charge in [-0.2, -0.15) is 0 Å². The van der Waals surface area contributed by atoms with E-state index in [1.165, 1.54) is 24.3 Å². The Morgan fingerprint density at radius 1 is 0.741 bits per heavy atom. The summed E-state index contributed by atoms with van der Waals surface area (Å²) in [5.74, 6) is -1.50. The fourth-order valence-corrected chi connectivity index (χ4v) is 2.81. The Morgan fingerprint density at radius 2 is 1.30 bits per heavy atom. The molecule has 3 aromatic carbocycles. The maximum Gasteiger partial charge on any atom is 0.255 e. The monoisotopic (exact) mass is 377 g/mol. The number of aryl methyl sites for hydroxylation is 1. The molecule has 3 aromatic rings. The van der Waals surface area contributed by atoms with Crippen LogP contribution >= 0.6 is 11.6 Å². The van der Waals surface area contributed by atoms with E-state index in [9.17, 15) is 14.4 Å². The zero-order chi connectivity index (χ0) is 19.4. The first-order chi connectivity index (χ1) is 13.0. The Balaban J connectivity index is 1.73. The topological polar surface area (TPSA) is 63.2 Å². The Hall–Kier alpha value is -3.24. The number of carbonyl (C=O) groups is 3. The molecule has 27 heavy (non-hydrogen) atoms. The van der Waals surface area contributed by atoms with Crippen molar-refractivity contribution in [3.63, 3.8) is 0 Å². The highest BCUT2D eigenvalue weighted by atomic mass is 35.5. The summed E-state index contributed by atoms with van der Waals surface area (Å²) in [7, 11) is 0. The smallest absolute Gasteiger partial charge is 0.255 e. The second-order valence-electron chi connectivity index (χ2n) is 6.01. The van der Waals surface area contributed by atoms with Gasteiger partial charge in [-0.15, -0.1) is 0 Å². The quantitative estimate of drug-likeness (QED) is 0.504. The first-order valence-corrected chi connectivity index (χ1v) is 8.65. The molecule has 4 nitrogen and oxygen atoms in total. The second kappa shape index (κ2) is 7.98. The Bertz CT molecular complexity index is 1010. The van der Waals surface area contributed by atoms with Crippen LogP contribution in [-0.4, -0.2) is 17.5 Å². The van der Waals surface area contributed by atoms with Crippen molar-refractivity contribution in [2.24, 2.45) is 0 Å². The minimum absolute atomic E-state index is 0.239. The number of halogens is 1. The number of rotatable bonds is 5. The second-order valence-corrected chi connectivity index (χ2v) is 6.45. The lowest BCUT2D eigenvalue weighted by Crippen LogP contribution is -2.16. The fraction of sp³-hybridized carbons (Fsp3) is 0.0455. The third-order valence-corrected chi connectivity index (χ3v) is 4.32. The number of hydrogen-bond donors (Lipinski definition) is 1. The molecular formula is C22H16ClNO3. The van der Waals surface area contributed by atoms with Crippen LogP contribution in [0, 0.1) is 6.92 Å². The van der Waals surface area contributed by atoms with Crippen LogP contribution in [-0.2, 0) is 0 Å². The van der Waals surface area contributed by atoms with Gasteiger partial charge in [-0.3, -0.25) is 14.4 Å². The van der Waals surface area contributed by atoms with Crippen LogP contribution in [0.3, 0.4) is 0 Å². The lowest BCUT2D eigenvalue weighted by molar-refractivity contribution is 0.0817. The molecule has 0 bridgehead atoms. The van der Waals surface area contributed by atoms with E-state index in [1.54, 1.807) is 48.5 Å². The van der Waals surface area contributed by atoms with E-state index in [0.29, 0.717) is 21.8 Å². The highest BCUT2D eigenvalue weighted by molar-refractivity contribution is 6.49. The van der Waals surface area contributed by atoms with Crippen LogP contribution in [0.2, 0.25) is 5.02 Å². The van der Waals surface area contributed by atoms with E-state index in [4.69, 9.17) is 11.6 Å². The summed E-state index contributed by atoms with van der Waals surface area (Å²) in [6.45, 7) is 1.85. The number of ketones is 2.